The summed E-state index contributed by atoms with van der Waals surface area (Å²) in [6.45, 7) is 2.01. The van der Waals surface area contributed by atoms with Crippen molar-refractivity contribution in [1.29, 1.82) is 0 Å². The van der Waals surface area contributed by atoms with E-state index in [9.17, 15) is 13.0 Å². The minimum Gasteiger partial charge on any atom is -0.744 e. The van der Waals surface area contributed by atoms with Gasteiger partial charge in [0.05, 0.1) is 20.7 Å². The monoisotopic (exact) mass is 259 g/mol. The predicted molar refractivity (Wildman–Crippen MR) is 64.7 cm³/mol. The van der Waals surface area contributed by atoms with Crippen molar-refractivity contribution in [2.45, 2.75) is 11.8 Å². The third kappa shape index (κ3) is 3.04. The molecule has 5 nitrogen and oxygen atoms in total. The number of aliphatic hydroxyl groups is 1. The molecular weight excluding hydrogens is 242 g/mol. The molecule has 0 aromatic heterocycles. The van der Waals surface area contributed by atoms with Crippen LogP contribution in [0, 0.1) is 6.92 Å². The Morgan fingerprint density at radius 1 is 1.35 bits per heavy atom. The van der Waals surface area contributed by atoms with Crippen LogP contribution in [0.15, 0.2) is 23.1 Å². The van der Waals surface area contributed by atoms with Gasteiger partial charge < -0.3 is 9.66 Å². The maximum Gasteiger partial charge on any atom is 0.153 e. The zero-order valence-electron chi connectivity index (χ0n) is 10.2. The van der Waals surface area contributed by atoms with Crippen molar-refractivity contribution in [3.8, 4) is 0 Å². The van der Waals surface area contributed by atoms with Crippen molar-refractivity contribution in [3.05, 3.63) is 23.8 Å². The first-order chi connectivity index (χ1) is 7.70. The Bertz CT molecular complexity index is 508. The first-order valence-electron chi connectivity index (χ1n) is 5.20. The SMILES string of the molecule is Cc1cccc(S(=O)(=O)[O-])c1[N+](C)(C)CCO. The Hall–Kier alpha value is -0.950. The van der Waals surface area contributed by atoms with Gasteiger partial charge in [0.2, 0.25) is 0 Å². The number of nitrogens with zero attached hydrogens (tertiary/aromatic N) is 1. The van der Waals surface area contributed by atoms with Crippen LogP contribution in [0.2, 0.25) is 0 Å². The zero-order chi connectivity index (χ0) is 13.3. The molecule has 0 aliphatic carbocycles. The largest absolute Gasteiger partial charge is 0.744 e. The molecule has 0 atom stereocenters. The van der Waals surface area contributed by atoms with Gasteiger partial charge in [0.15, 0.2) is 5.69 Å². The van der Waals surface area contributed by atoms with Gasteiger partial charge in [-0.25, -0.2) is 8.42 Å². The standard InChI is InChI=1S/C11H17NO4S/c1-9-5-4-6-10(17(14,15)16)11(9)12(2,3)7-8-13/h4-6,13H,7-8H2,1-3H3. The van der Waals surface area contributed by atoms with Crippen molar-refractivity contribution in [2.75, 3.05) is 27.2 Å². The van der Waals surface area contributed by atoms with E-state index in [2.05, 4.69) is 0 Å². The summed E-state index contributed by atoms with van der Waals surface area (Å²) < 4.78 is 33.8. The molecule has 1 aromatic carbocycles. The maximum absolute atomic E-state index is 11.2. The average molecular weight is 259 g/mol. The predicted octanol–water partition coefficient (Wildman–Crippen LogP) is 0.458. The average Bonchev–Trinajstić information content (AvgIpc) is 2.15. The van der Waals surface area contributed by atoms with Crippen LogP contribution in [0.25, 0.3) is 0 Å². The van der Waals surface area contributed by atoms with E-state index in [1.54, 1.807) is 33.2 Å². The molecule has 0 unspecified atom stereocenters. The van der Waals surface area contributed by atoms with E-state index in [0.717, 1.165) is 5.56 Å². The number of benzene rings is 1. The number of aryl methyl sites for hydroxylation is 1. The Morgan fingerprint density at radius 3 is 2.41 bits per heavy atom. The van der Waals surface area contributed by atoms with Crippen LogP contribution >= 0.6 is 0 Å². The van der Waals surface area contributed by atoms with Crippen LogP contribution in [0.5, 0.6) is 0 Å². The summed E-state index contributed by atoms with van der Waals surface area (Å²) >= 11 is 0. The van der Waals surface area contributed by atoms with E-state index < -0.39 is 10.1 Å². The van der Waals surface area contributed by atoms with Gasteiger partial charge in [0, 0.05) is 5.56 Å². The summed E-state index contributed by atoms with van der Waals surface area (Å²) in [5.74, 6) is 0. The molecule has 1 rings (SSSR count). The van der Waals surface area contributed by atoms with Crippen LogP contribution in [0.4, 0.5) is 5.69 Å². The molecule has 0 fully saturated rings. The molecule has 0 amide bonds. The van der Waals surface area contributed by atoms with Gasteiger partial charge in [0.25, 0.3) is 0 Å². The molecule has 0 bridgehead atoms. The Kier molecular flexibility index (Phi) is 3.93. The lowest BCUT2D eigenvalue weighted by Gasteiger charge is -2.32. The van der Waals surface area contributed by atoms with Crippen LogP contribution in [-0.4, -0.2) is 45.3 Å². The summed E-state index contributed by atoms with van der Waals surface area (Å²) in [4.78, 5) is -0.212. The number of hydrogen-bond donors (Lipinski definition) is 1. The highest BCUT2D eigenvalue weighted by Crippen LogP contribution is 2.31. The van der Waals surface area contributed by atoms with Gasteiger partial charge >= 0.3 is 0 Å². The maximum atomic E-state index is 11.2. The molecule has 6 heteroatoms. The molecule has 0 spiro atoms. The summed E-state index contributed by atoms with van der Waals surface area (Å²) in [6, 6.07) is 4.60. The van der Waals surface area contributed by atoms with Crippen LogP contribution in [-0.2, 0) is 10.1 Å². The van der Waals surface area contributed by atoms with E-state index in [0.29, 0.717) is 12.2 Å². The molecule has 1 N–H and O–H groups in total. The van der Waals surface area contributed by atoms with Crippen molar-refractivity contribution in [2.24, 2.45) is 0 Å². The van der Waals surface area contributed by atoms with Crippen molar-refractivity contribution < 1.29 is 18.1 Å². The summed E-state index contributed by atoms with van der Waals surface area (Å²) in [7, 11) is -0.990. The Morgan fingerprint density at radius 2 is 1.94 bits per heavy atom. The lowest BCUT2D eigenvalue weighted by atomic mass is 10.1. The van der Waals surface area contributed by atoms with Gasteiger partial charge in [-0.2, -0.15) is 0 Å². The van der Waals surface area contributed by atoms with Crippen LogP contribution in [0.3, 0.4) is 0 Å². The Labute approximate surface area is 102 Å². The molecular formula is C11H17NO4S. The second kappa shape index (κ2) is 4.73. The van der Waals surface area contributed by atoms with E-state index in [1.165, 1.54) is 6.07 Å². The van der Waals surface area contributed by atoms with E-state index in [1.807, 2.05) is 0 Å². The molecule has 96 valence electrons. The van der Waals surface area contributed by atoms with Crippen molar-refractivity contribution >= 4 is 15.8 Å². The number of quaternary nitrogens is 1. The number of para-hydroxylation sites is 1. The van der Waals surface area contributed by atoms with Gasteiger partial charge in [-0.1, -0.05) is 12.1 Å². The Balaban J connectivity index is 3.52. The molecule has 0 saturated carbocycles. The number of aliphatic hydroxyl groups excluding tert-OH is 1. The van der Waals surface area contributed by atoms with E-state index in [4.69, 9.17) is 5.11 Å². The van der Waals surface area contributed by atoms with Gasteiger partial charge in [-0.3, -0.25) is 4.48 Å². The summed E-state index contributed by atoms with van der Waals surface area (Å²) in [5, 5.41) is 9.00. The summed E-state index contributed by atoms with van der Waals surface area (Å²) in [6.07, 6.45) is 0. The third-order valence-electron chi connectivity index (χ3n) is 2.73. The third-order valence-corrected chi connectivity index (χ3v) is 3.60. The fraction of sp³-hybridized carbons (Fsp3) is 0.455. The van der Waals surface area contributed by atoms with Crippen molar-refractivity contribution in [1.82, 2.24) is 4.48 Å². The van der Waals surface area contributed by atoms with Crippen molar-refractivity contribution in [3.63, 3.8) is 0 Å². The topological polar surface area (TPSA) is 77.4 Å². The molecule has 0 aliphatic rings. The minimum absolute atomic E-state index is 0.0837. The summed E-state index contributed by atoms with van der Waals surface area (Å²) in [5.41, 5.74) is 1.16. The zero-order valence-corrected chi connectivity index (χ0v) is 11.0. The first-order valence-corrected chi connectivity index (χ1v) is 6.61. The lowest BCUT2D eigenvalue weighted by Crippen LogP contribution is -2.44. The van der Waals surface area contributed by atoms with Gasteiger partial charge in [0.1, 0.15) is 21.6 Å². The lowest BCUT2D eigenvalue weighted by molar-refractivity contribution is 0.240. The molecule has 0 saturated heterocycles. The fourth-order valence-electron chi connectivity index (χ4n) is 1.97. The number of likely N-dealkylation sites (N-methyl/N-ethyl adjacent to an activating group) is 1. The highest BCUT2D eigenvalue weighted by atomic mass is 32.2. The second-order valence-corrected chi connectivity index (χ2v) is 5.86. The van der Waals surface area contributed by atoms with Gasteiger partial charge in [-0.05, 0) is 13.0 Å². The smallest absolute Gasteiger partial charge is 0.153 e. The second-order valence-electron chi connectivity index (χ2n) is 4.51. The minimum atomic E-state index is -4.50. The molecule has 0 heterocycles. The highest BCUT2D eigenvalue weighted by Gasteiger charge is 2.27. The molecule has 1 aromatic rings. The fourth-order valence-corrected chi connectivity index (χ4v) is 2.86. The van der Waals surface area contributed by atoms with Crippen LogP contribution < -0.4 is 4.48 Å². The number of rotatable bonds is 4. The van der Waals surface area contributed by atoms with Crippen LogP contribution in [0.1, 0.15) is 5.56 Å². The van der Waals surface area contributed by atoms with Gasteiger partial charge in [-0.15, -0.1) is 0 Å². The normalized spacial score (nSPS) is 12.8. The first kappa shape index (κ1) is 14.1. The molecule has 0 aliphatic heterocycles. The molecule has 0 radical (unpaired) electrons. The number of hydrogen-bond acceptors (Lipinski definition) is 4. The van der Waals surface area contributed by atoms with E-state index >= 15 is 0 Å². The van der Waals surface area contributed by atoms with E-state index in [-0.39, 0.29) is 16.0 Å². The molecule has 17 heavy (non-hydrogen) atoms. The highest BCUT2D eigenvalue weighted by molar-refractivity contribution is 7.86. The quantitative estimate of drug-likeness (QED) is 0.629.